The van der Waals surface area contributed by atoms with Crippen LogP contribution in [0.1, 0.15) is 34.5 Å². The van der Waals surface area contributed by atoms with Crippen molar-refractivity contribution < 1.29 is 9.21 Å². The molecule has 2 aromatic heterocycles. The highest BCUT2D eigenvalue weighted by Crippen LogP contribution is 2.32. The van der Waals surface area contributed by atoms with Crippen LogP contribution in [0.25, 0.3) is 0 Å². The minimum atomic E-state index is 0.129. The fourth-order valence-corrected chi connectivity index (χ4v) is 3.95. The van der Waals surface area contributed by atoms with Crippen molar-refractivity contribution in [2.24, 2.45) is 0 Å². The van der Waals surface area contributed by atoms with Gasteiger partial charge >= 0.3 is 0 Å². The molecule has 2 fully saturated rings. The van der Waals surface area contributed by atoms with E-state index in [0.717, 1.165) is 32.5 Å². The second-order valence-electron chi connectivity index (χ2n) is 6.54. The first-order valence-electron chi connectivity index (χ1n) is 8.20. The molecule has 5 heteroatoms. The van der Waals surface area contributed by atoms with Gasteiger partial charge in [-0.05, 0) is 37.5 Å². The molecule has 23 heavy (non-hydrogen) atoms. The largest absolute Gasteiger partial charge is 0.469 e. The summed E-state index contributed by atoms with van der Waals surface area (Å²) in [5.41, 5.74) is 1.94. The molecule has 5 nitrogen and oxygen atoms in total. The fourth-order valence-electron chi connectivity index (χ4n) is 3.95. The molecular weight excluding hydrogens is 290 g/mol. The van der Waals surface area contributed by atoms with Crippen LogP contribution in [-0.4, -0.2) is 45.9 Å². The molecule has 2 saturated heterocycles. The number of aromatic nitrogens is 1. The Kier molecular flexibility index (Phi) is 3.65. The standard InChI is InChI=1S/C18H21N3O2/c1-13-17(6-8-23-13)18(22)21-15-4-5-16(21)12-20(11-15)10-14-3-2-7-19-9-14/h2-3,6-9,15-16H,4-5,10-12H2,1H3/t15-,16-/m0/s1. The number of pyridine rings is 1. The first-order chi connectivity index (χ1) is 11.2. The lowest BCUT2D eigenvalue weighted by Crippen LogP contribution is -2.55. The van der Waals surface area contributed by atoms with Gasteiger partial charge in [-0.3, -0.25) is 14.7 Å². The number of furan rings is 1. The zero-order valence-electron chi connectivity index (χ0n) is 13.3. The van der Waals surface area contributed by atoms with E-state index in [1.807, 2.05) is 19.2 Å². The van der Waals surface area contributed by atoms with Crippen molar-refractivity contribution in [3.8, 4) is 0 Å². The Hall–Kier alpha value is -2.14. The van der Waals surface area contributed by atoms with Crippen molar-refractivity contribution in [3.05, 3.63) is 53.7 Å². The van der Waals surface area contributed by atoms with Gasteiger partial charge in [0.15, 0.2) is 0 Å². The summed E-state index contributed by atoms with van der Waals surface area (Å²) in [6.45, 7) is 4.64. The van der Waals surface area contributed by atoms with E-state index in [1.54, 1.807) is 18.5 Å². The quantitative estimate of drug-likeness (QED) is 0.874. The van der Waals surface area contributed by atoms with E-state index < -0.39 is 0 Å². The fraction of sp³-hybridized carbons (Fsp3) is 0.444. The summed E-state index contributed by atoms with van der Waals surface area (Å²) in [7, 11) is 0. The van der Waals surface area contributed by atoms with Crippen LogP contribution < -0.4 is 0 Å². The topological polar surface area (TPSA) is 49.6 Å². The lowest BCUT2D eigenvalue weighted by molar-refractivity contribution is 0.0403. The van der Waals surface area contributed by atoms with E-state index in [9.17, 15) is 4.79 Å². The Morgan fingerprint density at radius 3 is 2.70 bits per heavy atom. The zero-order valence-corrected chi connectivity index (χ0v) is 13.3. The number of carbonyl (C=O) groups is 1. The van der Waals surface area contributed by atoms with Crippen LogP contribution in [0.15, 0.2) is 41.3 Å². The van der Waals surface area contributed by atoms with E-state index >= 15 is 0 Å². The molecule has 0 aromatic carbocycles. The van der Waals surface area contributed by atoms with E-state index in [0.29, 0.717) is 23.4 Å². The molecule has 2 bridgehead atoms. The van der Waals surface area contributed by atoms with Crippen LogP contribution in [0, 0.1) is 6.92 Å². The Balaban J connectivity index is 1.48. The third-order valence-electron chi connectivity index (χ3n) is 5.01. The average Bonchev–Trinajstić information content (AvgIpc) is 3.09. The summed E-state index contributed by atoms with van der Waals surface area (Å²) < 4.78 is 5.30. The predicted octanol–water partition coefficient (Wildman–Crippen LogP) is 2.47. The van der Waals surface area contributed by atoms with Gasteiger partial charge in [0.2, 0.25) is 0 Å². The number of nitrogens with zero attached hydrogens (tertiary/aromatic N) is 3. The first-order valence-corrected chi connectivity index (χ1v) is 8.20. The second-order valence-corrected chi connectivity index (χ2v) is 6.54. The third kappa shape index (κ3) is 2.65. The molecular formula is C18H21N3O2. The Bertz CT molecular complexity index is 683. The monoisotopic (exact) mass is 311 g/mol. The molecule has 4 rings (SSSR count). The molecule has 0 spiro atoms. The number of rotatable bonds is 3. The van der Waals surface area contributed by atoms with Gasteiger partial charge in [-0.25, -0.2) is 0 Å². The van der Waals surface area contributed by atoms with Crippen LogP contribution in [0.2, 0.25) is 0 Å². The van der Waals surface area contributed by atoms with Crippen LogP contribution in [0.5, 0.6) is 0 Å². The summed E-state index contributed by atoms with van der Waals surface area (Å²) in [5, 5.41) is 0. The average molecular weight is 311 g/mol. The van der Waals surface area contributed by atoms with Gasteiger partial charge in [-0.1, -0.05) is 6.07 Å². The number of likely N-dealkylation sites (tertiary alicyclic amines) is 1. The summed E-state index contributed by atoms with van der Waals surface area (Å²) in [6, 6.07) is 6.51. The van der Waals surface area contributed by atoms with Crippen LogP contribution >= 0.6 is 0 Å². The smallest absolute Gasteiger partial charge is 0.257 e. The van der Waals surface area contributed by atoms with Gasteiger partial charge in [-0.15, -0.1) is 0 Å². The molecule has 0 N–H and O–H groups in total. The lowest BCUT2D eigenvalue weighted by Gasteiger charge is -2.41. The summed E-state index contributed by atoms with van der Waals surface area (Å²) in [4.78, 5) is 21.6. The highest BCUT2D eigenvalue weighted by Gasteiger charge is 2.43. The van der Waals surface area contributed by atoms with Crippen molar-refractivity contribution in [1.82, 2.24) is 14.8 Å². The number of piperazine rings is 1. The SMILES string of the molecule is Cc1occc1C(=O)N1[C@H]2CC[C@H]1CN(Cc1cccnc1)C2. The van der Waals surface area contributed by atoms with Gasteiger partial charge in [0.05, 0.1) is 11.8 Å². The molecule has 0 aliphatic carbocycles. The number of aryl methyl sites for hydroxylation is 1. The minimum Gasteiger partial charge on any atom is -0.469 e. The van der Waals surface area contributed by atoms with E-state index in [4.69, 9.17) is 4.42 Å². The molecule has 0 radical (unpaired) electrons. The Morgan fingerprint density at radius 1 is 1.30 bits per heavy atom. The number of hydrogen-bond acceptors (Lipinski definition) is 4. The third-order valence-corrected chi connectivity index (χ3v) is 5.01. The van der Waals surface area contributed by atoms with Gasteiger partial charge in [0.25, 0.3) is 5.91 Å². The normalized spacial score (nSPS) is 24.1. The Labute approximate surface area is 135 Å². The van der Waals surface area contributed by atoms with E-state index in [2.05, 4.69) is 20.9 Å². The summed E-state index contributed by atoms with van der Waals surface area (Å²) >= 11 is 0. The van der Waals surface area contributed by atoms with Crippen LogP contribution in [-0.2, 0) is 6.54 Å². The predicted molar refractivity (Wildman–Crippen MR) is 85.9 cm³/mol. The van der Waals surface area contributed by atoms with Gasteiger partial charge in [0, 0.05) is 44.1 Å². The van der Waals surface area contributed by atoms with Crippen molar-refractivity contribution in [1.29, 1.82) is 0 Å². The number of carbonyl (C=O) groups excluding carboxylic acids is 1. The van der Waals surface area contributed by atoms with Crippen LogP contribution in [0.3, 0.4) is 0 Å². The van der Waals surface area contributed by atoms with Crippen molar-refractivity contribution in [2.75, 3.05) is 13.1 Å². The summed E-state index contributed by atoms with van der Waals surface area (Å²) in [5.74, 6) is 0.844. The number of amides is 1. The van der Waals surface area contributed by atoms with E-state index in [1.165, 1.54) is 5.56 Å². The second kappa shape index (κ2) is 5.81. The lowest BCUT2D eigenvalue weighted by atomic mass is 10.1. The van der Waals surface area contributed by atoms with Crippen molar-refractivity contribution in [2.45, 2.75) is 38.4 Å². The minimum absolute atomic E-state index is 0.129. The molecule has 2 aromatic rings. The molecule has 0 saturated carbocycles. The van der Waals surface area contributed by atoms with Crippen LogP contribution in [0.4, 0.5) is 0 Å². The number of hydrogen-bond donors (Lipinski definition) is 0. The zero-order chi connectivity index (χ0) is 15.8. The van der Waals surface area contributed by atoms with Gasteiger partial charge in [0.1, 0.15) is 5.76 Å². The molecule has 4 heterocycles. The molecule has 0 unspecified atom stereocenters. The summed E-state index contributed by atoms with van der Waals surface area (Å²) in [6.07, 6.45) is 7.52. The maximum absolute atomic E-state index is 12.8. The maximum Gasteiger partial charge on any atom is 0.257 e. The molecule has 120 valence electrons. The Morgan fingerprint density at radius 2 is 2.09 bits per heavy atom. The first kappa shape index (κ1) is 14.5. The maximum atomic E-state index is 12.8. The molecule has 2 aliphatic rings. The van der Waals surface area contributed by atoms with E-state index in [-0.39, 0.29) is 5.91 Å². The highest BCUT2D eigenvalue weighted by molar-refractivity contribution is 5.95. The van der Waals surface area contributed by atoms with Gasteiger partial charge in [-0.2, -0.15) is 0 Å². The highest BCUT2D eigenvalue weighted by atomic mass is 16.3. The van der Waals surface area contributed by atoms with Crippen molar-refractivity contribution >= 4 is 5.91 Å². The molecule has 2 atom stereocenters. The van der Waals surface area contributed by atoms with Crippen molar-refractivity contribution in [3.63, 3.8) is 0 Å². The number of fused-ring (bicyclic) bond motifs is 2. The molecule has 1 amide bonds. The van der Waals surface area contributed by atoms with Gasteiger partial charge < -0.3 is 9.32 Å². The molecule has 2 aliphatic heterocycles.